The third-order valence-corrected chi connectivity index (χ3v) is 7.21. The number of ether oxygens (including phenoxy) is 1. The van der Waals surface area contributed by atoms with E-state index in [-0.39, 0.29) is 6.10 Å². The van der Waals surface area contributed by atoms with E-state index in [1.165, 1.54) is 32.1 Å². The Kier molecular flexibility index (Phi) is 7.63. The summed E-state index contributed by atoms with van der Waals surface area (Å²) in [6.45, 7) is 2.25. The fourth-order valence-corrected chi connectivity index (χ4v) is 5.09. The van der Waals surface area contributed by atoms with E-state index in [9.17, 15) is 0 Å². The predicted octanol–water partition coefficient (Wildman–Crippen LogP) is 5.01. The summed E-state index contributed by atoms with van der Waals surface area (Å²) in [5.74, 6) is 1.20. The molecule has 0 N–H and O–H groups in total. The van der Waals surface area contributed by atoms with Crippen LogP contribution >= 0.6 is 11.6 Å². The molecule has 1 aliphatic rings. The minimum atomic E-state index is -1.79. The van der Waals surface area contributed by atoms with Crippen LogP contribution in [0.1, 0.15) is 39.0 Å². The van der Waals surface area contributed by atoms with Gasteiger partial charge in [-0.05, 0) is 0 Å². The number of rotatable bonds is 7. The van der Waals surface area contributed by atoms with Crippen LogP contribution in [0.15, 0.2) is 10.2 Å². The molecule has 0 spiro atoms. The topological polar surface area (TPSA) is 9.23 Å². The zero-order valence-electron chi connectivity index (χ0n) is 12.4. The standard InChI is InChI=1S/C12H20ClO.3CH3.Sn/c1-3-5-6-7-11-8-10(4-2)12(9-13)14-11;;;;/h2,4,10-12H,3,5-9H2,1H3;3*1H3;/t10-,11+,12-;;;;/m1..../s1. The molecule has 3 heteroatoms. The van der Waals surface area contributed by atoms with Crippen LogP contribution in [-0.2, 0) is 4.74 Å². The van der Waals surface area contributed by atoms with Gasteiger partial charge in [-0.2, -0.15) is 0 Å². The number of hydrogen-bond acceptors (Lipinski definition) is 1. The van der Waals surface area contributed by atoms with E-state index < -0.39 is 18.4 Å². The molecule has 1 heterocycles. The van der Waals surface area contributed by atoms with Crippen LogP contribution in [0, 0.1) is 5.92 Å². The average molecular weight is 380 g/mol. The quantitative estimate of drug-likeness (QED) is 0.343. The van der Waals surface area contributed by atoms with Gasteiger partial charge >= 0.3 is 123 Å². The Morgan fingerprint density at radius 3 is 2.56 bits per heavy atom. The molecule has 0 radical (unpaired) electrons. The molecule has 1 saturated heterocycles. The molecule has 106 valence electrons. The van der Waals surface area contributed by atoms with Crippen LogP contribution in [0.2, 0.25) is 14.8 Å². The van der Waals surface area contributed by atoms with Gasteiger partial charge in [0.2, 0.25) is 0 Å². The first-order valence-electron chi connectivity index (χ1n) is 7.37. The van der Waals surface area contributed by atoms with Gasteiger partial charge in [-0.1, -0.05) is 0 Å². The van der Waals surface area contributed by atoms with Crippen molar-refractivity contribution in [2.24, 2.45) is 5.92 Å². The van der Waals surface area contributed by atoms with Gasteiger partial charge in [0.15, 0.2) is 0 Å². The van der Waals surface area contributed by atoms with E-state index in [4.69, 9.17) is 16.3 Å². The Balaban J connectivity index is 2.45. The van der Waals surface area contributed by atoms with Crippen molar-refractivity contribution in [2.75, 3.05) is 5.88 Å². The summed E-state index contributed by atoms with van der Waals surface area (Å²) in [5.41, 5.74) is 0. The molecule has 1 fully saturated rings. The molecule has 0 aromatic heterocycles. The molecule has 0 bridgehead atoms. The Bertz CT molecular complexity index is 260. The van der Waals surface area contributed by atoms with Crippen molar-refractivity contribution in [1.29, 1.82) is 0 Å². The SMILES string of the molecule is CCCCC[C@H]1C[C@@H](/C=[CH]/[Sn]([CH3])([CH3])[CH3])[C@@H](CCl)O1. The molecule has 18 heavy (non-hydrogen) atoms. The van der Waals surface area contributed by atoms with Crippen molar-refractivity contribution in [3.8, 4) is 0 Å². The summed E-state index contributed by atoms with van der Waals surface area (Å²) >= 11 is 4.25. The predicted molar refractivity (Wildman–Crippen MR) is 84.1 cm³/mol. The van der Waals surface area contributed by atoms with Gasteiger partial charge in [-0.15, -0.1) is 0 Å². The third-order valence-electron chi connectivity index (χ3n) is 3.50. The van der Waals surface area contributed by atoms with Crippen molar-refractivity contribution < 1.29 is 4.74 Å². The molecule has 0 amide bonds. The second kappa shape index (κ2) is 8.16. The Morgan fingerprint density at radius 1 is 1.28 bits per heavy atom. The van der Waals surface area contributed by atoms with E-state index >= 15 is 0 Å². The Morgan fingerprint density at radius 2 is 2.00 bits per heavy atom. The number of hydrogen-bond donors (Lipinski definition) is 0. The Hall–Kier alpha value is 0.789. The molecule has 1 rings (SSSR count). The molecule has 1 aliphatic heterocycles. The monoisotopic (exact) mass is 380 g/mol. The summed E-state index contributed by atoms with van der Waals surface area (Å²) < 4.78 is 8.59. The van der Waals surface area contributed by atoms with E-state index in [1.54, 1.807) is 0 Å². The zero-order valence-corrected chi connectivity index (χ0v) is 16.0. The van der Waals surface area contributed by atoms with Crippen molar-refractivity contribution in [2.45, 2.75) is 66.1 Å². The molecule has 0 aromatic rings. The summed E-state index contributed by atoms with van der Waals surface area (Å²) in [5, 5.41) is 0. The molecule has 0 unspecified atom stereocenters. The Labute approximate surface area is 122 Å². The van der Waals surface area contributed by atoms with E-state index in [0.717, 1.165) is 0 Å². The van der Waals surface area contributed by atoms with Crippen LogP contribution in [0.5, 0.6) is 0 Å². The maximum atomic E-state index is 6.08. The van der Waals surface area contributed by atoms with Crippen LogP contribution in [0.25, 0.3) is 0 Å². The number of unbranched alkanes of at least 4 members (excludes halogenated alkanes) is 2. The van der Waals surface area contributed by atoms with Gasteiger partial charge in [-0.3, -0.25) is 0 Å². The second-order valence-electron chi connectivity index (χ2n) is 6.57. The normalized spacial score (nSPS) is 29.3. The van der Waals surface area contributed by atoms with Gasteiger partial charge in [0, 0.05) is 0 Å². The summed E-state index contributed by atoms with van der Waals surface area (Å²) in [6, 6.07) is 0. The first kappa shape index (κ1) is 16.8. The third kappa shape index (κ3) is 6.29. The van der Waals surface area contributed by atoms with E-state index in [1.807, 2.05) is 0 Å². The van der Waals surface area contributed by atoms with Crippen molar-refractivity contribution in [3.05, 3.63) is 10.2 Å². The van der Waals surface area contributed by atoms with Gasteiger partial charge in [0.05, 0.1) is 0 Å². The summed E-state index contributed by atoms with van der Waals surface area (Å²) in [4.78, 5) is 7.32. The van der Waals surface area contributed by atoms with Gasteiger partial charge < -0.3 is 0 Å². The van der Waals surface area contributed by atoms with E-state index in [0.29, 0.717) is 17.9 Å². The first-order valence-corrected chi connectivity index (χ1v) is 18.1. The minimum absolute atomic E-state index is 0.253. The van der Waals surface area contributed by atoms with Gasteiger partial charge in [-0.25, -0.2) is 0 Å². The molecular weight excluding hydrogens is 350 g/mol. The molecule has 1 nitrogen and oxygen atoms in total. The molecule has 0 aliphatic carbocycles. The molecule has 3 atom stereocenters. The van der Waals surface area contributed by atoms with Crippen molar-refractivity contribution in [3.63, 3.8) is 0 Å². The van der Waals surface area contributed by atoms with Crippen LogP contribution < -0.4 is 0 Å². The molecule has 0 aromatic carbocycles. The average Bonchev–Trinajstić information content (AvgIpc) is 2.68. The fourth-order valence-electron chi connectivity index (χ4n) is 2.43. The maximum absolute atomic E-state index is 6.08. The van der Waals surface area contributed by atoms with E-state index in [2.05, 4.69) is 31.9 Å². The van der Waals surface area contributed by atoms with Gasteiger partial charge in [0.25, 0.3) is 0 Å². The van der Waals surface area contributed by atoms with Crippen LogP contribution in [-0.4, -0.2) is 36.5 Å². The fraction of sp³-hybridized carbons (Fsp3) is 0.867. The van der Waals surface area contributed by atoms with Crippen LogP contribution in [0.4, 0.5) is 0 Å². The number of halogens is 1. The van der Waals surface area contributed by atoms with Crippen molar-refractivity contribution >= 4 is 30.0 Å². The van der Waals surface area contributed by atoms with Crippen LogP contribution in [0.3, 0.4) is 0 Å². The molecule has 0 saturated carbocycles. The second-order valence-corrected chi connectivity index (χ2v) is 21.3. The van der Waals surface area contributed by atoms with Gasteiger partial charge in [0.1, 0.15) is 0 Å². The summed E-state index contributed by atoms with van der Waals surface area (Å²) in [7, 11) is 0. The number of alkyl halides is 1. The summed E-state index contributed by atoms with van der Waals surface area (Å²) in [6.07, 6.45) is 9.42. The first-order chi connectivity index (χ1) is 8.46. The zero-order chi connectivity index (χ0) is 13.6. The molecular formula is C15H29ClOSn. The van der Waals surface area contributed by atoms with Crippen molar-refractivity contribution in [1.82, 2.24) is 0 Å².